The van der Waals surface area contributed by atoms with Gasteiger partial charge in [-0.3, -0.25) is 4.99 Å². The molecule has 2 bridgehead atoms. The standard InChI is InChI=1S/C25H31NO/c1-24(2)20-13-14-25(24,3)23(17-20)26-22(19-10-6-5-7-11-19)16-18-9-8-12-21(15-18)27-4/h5-12,15,20,22H,13-14,16-17H2,1-4H3. The smallest absolute Gasteiger partial charge is 0.119 e. The van der Waals surface area contributed by atoms with Gasteiger partial charge in [-0.25, -0.2) is 0 Å². The van der Waals surface area contributed by atoms with E-state index in [2.05, 4.69) is 69.3 Å². The first-order chi connectivity index (χ1) is 12.9. The Balaban J connectivity index is 1.69. The zero-order chi connectivity index (χ0) is 19.1. The number of rotatable bonds is 5. The maximum Gasteiger partial charge on any atom is 0.119 e. The van der Waals surface area contributed by atoms with E-state index in [4.69, 9.17) is 9.73 Å². The van der Waals surface area contributed by atoms with Crippen LogP contribution in [-0.4, -0.2) is 12.8 Å². The van der Waals surface area contributed by atoms with Crippen LogP contribution in [0.3, 0.4) is 0 Å². The highest BCUT2D eigenvalue weighted by Crippen LogP contribution is 2.64. The normalized spacial score (nSPS) is 28.4. The van der Waals surface area contributed by atoms with Crippen LogP contribution in [0, 0.1) is 16.7 Å². The molecule has 4 rings (SSSR count). The topological polar surface area (TPSA) is 21.6 Å². The van der Waals surface area contributed by atoms with Crippen LogP contribution in [0.1, 0.15) is 57.2 Å². The summed E-state index contributed by atoms with van der Waals surface area (Å²) in [6.45, 7) is 7.35. The average molecular weight is 362 g/mol. The van der Waals surface area contributed by atoms with E-state index in [0.717, 1.165) is 18.1 Å². The van der Waals surface area contributed by atoms with Crippen molar-refractivity contribution in [3.8, 4) is 5.75 Å². The first kappa shape index (κ1) is 18.3. The van der Waals surface area contributed by atoms with Crippen LogP contribution in [0.4, 0.5) is 0 Å². The van der Waals surface area contributed by atoms with Crippen molar-refractivity contribution in [3.05, 3.63) is 65.7 Å². The van der Waals surface area contributed by atoms with Gasteiger partial charge in [0.25, 0.3) is 0 Å². The third-order valence-electron chi connectivity index (χ3n) is 7.57. The third kappa shape index (κ3) is 3.09. The SMILES string of the molecule is COc1cccc(CC(N=C2CC3CCC2(C)C3(C)C)c2ccccc2)c1. The lowest BCUT2D eigenvalue weighted by atomic mass is 9.70. The predicted octanol–water partition coefficient (Wildman–Crippen LogP) is 6.27. The van der Waals surface area contributed by atoms with Crippen LogP contribution < -0.4 is 4.74 Å². The first-order valence-electron chi connectivity index (χ1n) is 10.2. The molecule has 0 heterocycles. The van der Waals surface area contributed by atoms with Crippen LogP contribution in [0.2, 0.25) is 0 Å². The summed E-state index contributed by atoms with van der Waals surface area (Å²) in [4.78, 5) is 5.42. The molecule has 0 saturated heterocycles. The molecule has 3 atom stereocenters. The van der Waals surface area contributed by atoms with Crippen molar-refractivity contribution in [1.29, 1.82) is 0 Å². The van der Waals surface area contributed by atoms with Gasteiger partial charge in [0.15, 0.2) is 0 Å². The van der Waals surface area contributed by atoms with Gasteiger partial charge in [-0.05, 0) is 60.3 Å². The van der Waals surface area contributed by atoms with Gasteiger partial charge in [0.05, 0.1) is 13.2 Å². The van der Waals surface area contributed by atoms with Crippen molar-refractivity contribution in [2.24, 2.45) is 21.7 Å². The Morgan fingerprint density at radius 2 is 1.85 bits per heavy atom. The molecule has 0 radical (unpaired) electrons. The maximum absolute atomic E-state index is 5.42. The summed E-state index contributed by atoms with van der Waals surface area (Å²) in [5.74, 6) is 1.70. The summed E-state index contributed by atoms with van der Waals surface area (Å²) < 4.78 is 5.42. The Hall–Kier alpha value is -2.09. The lowest BCUT2D eigenvalue weighted by molar-refractivity contribution is 0.193. The van der Waals surface area contributed by atoms with Crippen LogP contribution >= 0.6 is 0 Å². The number of methoxy groups -OCH3 is 1. The molecule has 0 amide bonds. The number of nitrogens with zero attached hydrogens (tertiary/aromatic N) is 1. The molecule has 3 unspecified atom stereocenters. The van der Waals surface area contributed by atoms with Gasteiger partial charge in [0, 0.05) is 11.1 Å². The Labute approximate surface area is 163 Å². The number of hydrogen-bond donors (Lipinski definition) is 0. The second kappa shape index (κ2) is 6.82. The van der Waals surface area contributed by atoms with Gasteiger partial charge in [0.2, 0.25) is 0 Å². The van der Waals surface area contributed by atoms with E-state index in [9.17, 15) is 0 Å². The third-order valence-corrected chi connectivity index (χ3v) is 7.57. The minimum atomic E-state index is 0.167. The van der Waals surface area contributed by atoms with Crippen LogP contribution in [0.15, 0.2) is 59.6 Å². The van der Waals surface area contributed by atoms with Gasteiger partial charge >= 0.3 is 0 Å². The Morgan fingerprint density at radius 1 is 1.07 bits per heavy atom. The van der Waals surface area contributed by atoms with E-state index >= 15 is 0 Å². The molecule has 2 aliphatic rings. The molecule has 0 aliphatic heterocycles. The van der Waals surface area contributed by atoms with Crippen molar-refractivity contribution in [1.82, 2.24) is 0 Å². The monoisotopic (exact) mass is 361 g/mol. The minimum Gasteiger partial charge on any atom is -0.497 e. The summed E-state index contributed by atoms with van der Waals surface area (Å²) in [7, 11) is 1.73. The summed E-state index contributed by atoms with van der Waals surface area (Å²) in [5, 5.41) is 0. The van der Waals surface area contributed by atoms with E-state index in [0.29, 0.717) is 5.41 Å². The number of ether oxygens (including phenoxy) is 1. The molecule has 2 heteroatoms. The molecule has 2 aromatic carbocycles. The van der Waals surface area contributed by atoms with Gasteiger partial charge in [-0.2, -0.15) is 0 Å². The first-order valence-corrected chi connectivity index (χ1v) is 10.2. The second-order valence-electron chi connectivity index (χ2n) is 9.05. The van der Waals surface area contributed by atoms with Crippen molar-refractivity contribution in [2.75, 3.05) is 7.11 Å². The van der Waals surface area contributed by atoms with E-state index in [-0.39, 0.29) is 11.5 Å². The molecule has 2 aliphatic carbocycles. The number of benzene rings is 2. The molecule has 2 fully saturated rings. The number of aliphatic imine (C=N–C) groups is 1. The molecule has 2 saturated carbocycles. The van der Waals surface area contributed by atoms with Crippen molar-refractivity contribution in [2.45, 2.75) is 52.5 Å². The molecular weight excluding hydrogens is 330 g/mol. The Bertz CT molecular complexity index is 838. The second-order valence-corrected chi connectivity index (χ2v) is 9.05. The van der Waals surface area contributed by atoms with E-state index in [1.165, 1.54) is 36.1 Å². The molecule has 0 spiro atoms. The number of hydrogen-bond acceptors (Lipinski definition) is 2. The maximum atomic E-state index is 5.42. The fourth-order valence-corrected chi connectivity index (χ4v) is 5.25. The van der Waals surface area contributed by atoms with E-state index < -0.39 is 0 Å². The summed E-state index contributed by atoms with van der Waals surface area (Å²) in [6.07, 6.45) is 4.72. The van der Waals surface area contributed by atoms with E-state index in [1.807, 2.05) is 6.07 Å². The van der Waals surface area contributed by atoms with Crippen molar-refractivity contribution in [3.63, 3.8) is 0 Å². The van der Waals surface area contributed by atoms with Crippen LogP contribution in [-0.2, 0) is 6.42 Å². The van der Waals surface area contributed by atoms with Crippen molar-refractivity contribution >= 4 is 5.71 Å². The summed E-state index contributed by atoms with van der Waals surface area (Å²) in [5.41, 5.74) is 4.64. The van der Waals surface area contributed by atoms with Gasteiger partial charge in [-0.1, -0.05) is 63.2 Å². The molecule has 27 heavy (non-hydrogen) atoms. The Kier molecular flexibility index (Phi) is 4.61. The molecule has 142 valence electrons. The molecular formula is C25H31NO. The molecule has 0 aromatic heterocycles. The van der Waals surface area contributed by atoms with Crippen molar-refractivity contribution < 1.29 is 4.74 Å². The summed E-state index contributed by atoms with van der Waals surface area (Å²) in [6, 6.07) is 19.3. The fraction of sp³-hybridized carbons (Fsp3) is 0.480. The highest BCUT2D eigenvalue weighted by Gasteiger charge is 2.59. The van der Waals surface area contributed by atoms with Crippen LogP contribution in [0.25, 0.3) is 0 Å². The lowest BCUT2D eigenvalue weighted by Gasteiger charge is -2.35. The highest BCUT2D eigenvalue weighted by atomic mass is 16.5. The zero-order valence-electron chi connectivity index (χ0n) is 17.0. The fourth-order valence-electron chi connectivity index (χ4n) is 5.25. The zero-order valence-corrected chi connectivity index (χ0v) is 17.0. The largest absolute Gasteiger partial charge is 0.497 e. The van der Waals surface area contributed by atoms with Crippen LogP contribution in [0.5, 0.6) is 5.75 Å². The van der Waals surface area contributed by atoms with Gasteiger partial charge in [0.1, 0.15) is 5.75 Å². The van der Waals surface area contributed by atoms with Gasteiger partial charge in [-0.15, -0.1) is 0 Å². The Morgan fingerprint density at radius 3 is 2.48 bits per heavy atom. The minimum absolute atomic E-state index is 0.167. The lowest BCUT2D eigenvalue weighted by Crippen LogP contribution is -2.32. The van der Waals surface area contributed by atoms with Gasteiger partial charge < -0.3 is 4.74 Å². The predicted molar refractivity (Wildman–Crippen MR) is 113 cm³/mol. The average Bonchev–Trinajstić information content (AvgIpc) is 3.02. The molecule has 2 nitrogen and oxygen atoms in total. The highest BCUT2D eigenvalue weighted by molar-refractivity contribution is 5.94. The quantitative estimate of drug-likeness (QED) is 0.615. The molecule has 0 N–H and O–H groups in total. The number of fused-ring (bicyclic) bond motifs is 2. The molecule has 2 aromatic rings. The summed E-state index contributed by atoms with van der Waals surface area (Å²) >= 11 is 0. The van der Waals surface area contributed by atoms with E-state index in [1.54, 1.807) is 7.11 Å².